The Kier molecular flexibility index (Phi) is 8.44. The van der Waals surface area contributed by atoms with Crippen LogP contribution in [0.15, 0.2) is 36.4 Å². The van der Waals surface area contributed by atoms with Crippen LogP contribution in [0.5, 0.6) is 0 Å². The highest BCUT2D eigenvalue weighted by atomic mass is 35.5. The van der Waals surface area contributed by atoms with Crippen LogP contribution in [0.3, 0.4) is 0 Å². The molecule has 1 aromatic heterocycles. The molecule has 0 aliphatic heterocycles. The molecule has 0 aliphatic rings. The van der Waals surface area contributed by atoms with E-state index in [1.165, 1.54) is 7.11 Å². The SMILES string of the molecule is CCC(Cl)(OC)c1cccc(NC(=O)c2ccc(C)nc2C(=O)NCCCCl)c1. The number of halogens is 2. The molecule has 0 aliphatic carbocycles. The fraction of sp³-hybridized carbons (Fsp3) is 0.381. The van der Waals surface area contributed by atoms with Crippen molar-refractivity contribution in [2.45, 2.75) is 31.7 Å². The predicted molar refractivity (Wildman–Crippen MR) is 116 cm³/mol. The molecule has 0 saturated heterocycles. The van der Waals surface area contributed by atoms with Gasteiger partial charge in [-0.1, -0.05) is 30.7 Å². The summed E-state index contributed by atoms with van der Waals surface area (Å²) in [5, 5.41) is 4.56. The number of alkyl halides is 2. The van der Waals surface area contributed by atoms with Gasteiger partial charge in [0, 0.05) is 36.5 Å². The fourth-order valence-electron chi connectivity index (χ4n) is 2.76. The molecule has 2 aromatic rings. The average molecular weight is 438 g/mol. The van der Waals surface area contributed by atoms with E-state index >= 15 is 0 Å². The maximum absolute atomic E-state index is 12.9. The van der Waals surface area contributed by atoms with Crippen LogP contribution in [0.4, 0.5) is 5.69 Å². The topological polar surface area (TPSA) is 80.3 Å². The molecule has 8 heteroatoms. The quantitative estimate of drug-likeness (QED) is 0.448. The Morgan fingerprint density at radius 2 is 1.97 bits per heavy atom. The van der Waals surface area contributed by atoms with Gasteiger partial charge >= 0.3 is 0 Å². The predicted octanol–water partition coefficient (Wildman–Crippen LogP) is 4.45. The first kappa shape index (κ1) is 23.1. The van der Waals surface area contributed by atoms with Crippen molar-refractivity contribution in [2.24, 2.45) is 0 Å². The maximum atomic E-state index is 12.9. The van der Waals surface area contributed by atoms with E-state index in [4.69, 9.17) is 27.9 Å². The molecule has 0 radical (unpaired) electrons. The first-order valence-corrected chi connectivity index (χ1v) is 10.2. The molecule has 2 rings (SSSR count). The van der Waals surface area contributed by atoms with Crippen molar-refractivity contribution in [1.29, 1.82) is 0 Å². The molecule has 1 heterocycles. The van der Waals surface area contributed by atoms with E-state index in [0.717, 1.165) is 5.56 Å². The zero-order chi connectivity index (χ0) is 21.4. The number of aromatic nitrogens is 1. The molecule has 156 valence electrons. The van der Waals surface area contributed by atoms with Crippen LogP contribution < -0.4 is 10.6 Å². The number of ether oxygens (including phenoxy) is 1. The third kappa shape index (κ3) is 5.92. The van der Waals surface area contributed by atoms with E-state index in [2.05, 4.69) is 15.6 Å². The zero-order valence-corrected chi connectivity index (χ0v) is 18.2. The summed E-state index contributed by atoms with van der Waals surface area (Å²) in [4.78, 5) is 29.6. The number of benzene rings is 1. The molecule has 29 heavy (non-hydrogen) atoms. The first-order valence-electron chi connectivity index (χ1n) is 9.32. The summed E-state index contributed by atoms with van der Waals surface area (Å²) in [6, 6.07) is 10.4. The third-order valence-electron chi connectivity index (χ3n) is 4.42. The lowest BCUT2D eigenvalue weighted by Gasteiger charge is -2.25. The zero-order valence-electron chi connectivity index (χ0n) is 16.7. The van der Waals surface area contributed by atoms with Gasteiger partial charge in [-0.2, -0.15) is 0 Å². The Balaban J connectivity index is 2.26. The summed E-state index contributed by atoms with van der Waals surface area (Å²) < 4.78 is 5.41. The first-order chi connectivity index (χ1) is 13.8. The highest BCUT2D eigenvalue weighted by Crippen LogP contribution is 2.34. The minimum atomic E-state index is -0.973. The van der Waals surface area contributed by atoms with E-state index in [9.17, 15) is 9.59 Å². The molecular formula is C21H25Cl2N3O3. The number of amides is 2. The monoisotopic (exact) mass is 437 g/mol. The summed E-state index contributed by atoms with van der Waals surface area (Å²) in [7, 11) is 1.54. The van der Waals surface area contributed by atoms with E-state index in [1.54, 1.807) is 37.3 Å². The van der Waals surface area contributed by atoms with Crippen molar-refractivity contribution < 1.29 is 14.3 Å². The second-order valence-electron chi connectivity index (χ2n) is 6.47. The van der Waals surface area contributed by atoms with Gasteiger partial charge in [0.2, 0.25) is 0 Å². The minimum absolute atomic E-state index is 0.0744. The summed E-state index contributed by atoms with van der Waals surface area (Å²) in [5.74, 6) is -0.416. The molecule has 1 unspecified atom stereocenters. The average Bonchev–Trinajstić information content (AvgIpc) is 2.73. The van der Waals surface area contributed by atoms with Gasteiger partial charge in [-0.25, -0.2) is 4.98 Å². The number of carbonyl (C=O) groups is 2. The summed E-state index contributed by atoms with van der Waals surface area (Å²) >= 11 is 12.1. The maximum Gasteiger partial charge on any atom is 0.270 e. The number of methoxy groups -OCH3 is 1. The van der Waals surface area contributed by atoms with Gasteiger partial charge in [-0.3, -0.25) is 9.59 Å². The van der Waals surface area contributed by atoms with Crippen molar-refractivity contribution >= 4 is 40.7 Å². The van der Waals surface area contributed by atoms with E-state index < -0.39 is 16.9 Å². The Labute approximate surface area is 181 Å². The number of anilines is 1. The van der Waals surface area contributed by atoms with Gasteiger partial charge in [-0.15, -0.1) is 11.6 Å². The van der Waals surface area contributed by atoms with Gasteiger partial charge in [0.1, 0.15) is 5.69 Å². The highest BCUT2D eigenvalue weighted by Gasteiger charge is 2.27. The molecule has 0 saturated carbocycles. The van der Waals surface area contributed by atoms with Crippen LogP contribution in [0.1, 0.15) is 51.9 Å². The molecule has 0 bridgehead atoms. The van der Waals surface area contributed by atoms with Crippen molar-refractivity contribution in [2.75, 3.05) is 24.9 Å². The van der Waals surface area contributed by atoms with Crippen LogP contribution in [-0.2, 0) is 9.80 Å². The van der Waals surface area contributed by atoms with E-state index in [0.29, 0.717) is 36.6 Å². The lowest BCUT2D eigenvalue weighted by atomic mass is 10.1. The lowest BCUT2D eigenvalue weighted by molar-refractivity contribution is 0.0584. The van der Waals surface area contributed by atoms with Crippen molar-refractivity contribution in [3.63, 3.8) is 0 Å². The van der Waals surface area contributed by atoms with Gasteiger partial charge in [0.25, 0.3) is 11.8 Å². The van der Waals surface area contributed by atoms with Crippen LogP contribution in [0.25, 0.3) is 0 Å². The summed E-state index contributed by atoms with van der Waals surface area (Å²) in [5.41, 5.74) is 2.16. The Morgan fingerprint density at radius 1 is 1.21 bits per heavy atom. The normalized spacial score (nSPS) is 12.9. The van der Waals surface area contributed by atoms with Crippen molar-refractivity contribution in [1.82, 2.24) is 10.3 Å². The molecule has 0 fully saturated rings. The van der Waals surface area contributed by atoms with Gasteiger partial charge < -0.3 is 15.4 Å². The fourth-order valence-corrected chi connectivity index (χ4v) is 3.01. The molecule has 6 nitrogen and oxygen atoms in total. The van der Waals surface area contributed by atoms with Gasteiger partial charge in [0.05, 0.1) is 5.56 Å². The number of aryl methyl sites for hydroxylation is 1. The summed E-state index contributed by atoms with van der Waals surface area (Å²) in [6.07, 6.45) is 1.18. The molecule has 1 aromatic carbocycles. The number of carbonyl (C=O) groups excluding carboxylic acids is 2. The summed E-state index contributed by atoms with van der Waals surface area (Å²) in [6.45, 7) is 4.08. The standard InChI is InChI=1S/C21H25Cl2N3O3/c1-4-21(23,29-3)15-7-5-8-16(13-15)26-19(27)17-10-9-14(2)25-18(17)20(28)24-12-6-11-22/h5,7-10,13H,4,6,11-12H2,1-3H3,(H,24,28)(H,26,27). The van der Waals surface area contributed by atoms with Gasteiger partial charge in [-0.05, 0) is 44.0 Å². The lowest BCUT2D eigenvalue weighted by Crippen LogP contribution is -2.29. The second-order valence-corrected chi connectivity index (χ2v) is 7.46. The largest absolute Gasteiger partial charge is 0.359 e. The molecule has 2 amide bonds. The third-order valence-corrected chi connectivity index (χ3v) is 5.33. The number of hydrogen-bond donors (Lipinski definition) is 2. The molecule has 2 N–H and O–H groups in total. The van der Waals surface area contributed by atoms with E-state index in [-0.39, 0.29) is 11.3 Å². The molecule has 1 atom stereocenters. The van der Waals surface area contributed by atoms with Crippen LogP contribution >= 0.6 is 23.2 Å². The van der Waals surface area contributed by atoms with Crippen molar-refractivity contribution in [3.05, 3.63) is 58.9 Å². The molecular weight excluding hydrogens is 413 g/mol. The minimum Gasteiger partial charge on any atom is -0.359 e. The number of nitrogens with zero attached hydrogens (tertiary/aromatic N) is 1. The number of nitrogens with one attached hydrogen (secondary N) is 2. The van der Waals surface area contributed by atoms with E-state index in [1.807, 2.05) is 13.0 Å². The second kappa shape index (κ2) is 10.6. The van der Waals surface area contributed by atoms with Crippen LogP contribution in [-0.4, -0.2) is 36.3 Å². The smallest absolute Gasteiger partial charge is 0.270 e. The van der Waals surface area contributed by atoms with Crippen molar-refractivity contribution in [3.8, 4) is 0 Å². The van der Waals surface area contributed by atoms with Crippen LogP contribution in [0, 0.1) is 6.92 Å². The Morgan fingerprint density at radius 3 is 2.62 bits per heavy atom. The number of pyridine rings is 1. The number of hydrogen-bond acceptors (Lipinski definition) is 4. The highest BCUT2D eigenvalue weighted by molar-refractivity contribution is 6.23. The van der Waals surface area contributed by atoms with Gasteiger partial charge in [0.15, 0.2) is 5.06 Å². The number of rotatable bonds is 9. The molecule has 0 spiro atoms. The van der Waals surface area contributed by atoms with Crippen LogP contribution in [0.2, 0.25) is 0 Å². The Hall–Kier alpha value is -2.15. The Bertz CT molecular complexity index is 870.